The van der Waals surface area contributed by atoms with E-state index in [1.807, 2.05) is 49.1 Å². The molecule has 0 fully saturated rings. The summed E-state index contributed by atoms with van der Waals surface area (Å²) in [5.41, 5.74) is 4.07. The minimum atomic E-state index is 0.156. The Labute approximate surface area is 128 Å². The van der Waals surface area contributed by atoms with Crippen molar-refractivity contribution in [1.82, 2.24) is 14.8 Å². The van der Waals surface area contributed by atoms with Gasteiger partial charge in [-0.3, -0.25) is 9.67 Å². The van der Waals surface area contributed by atoms with Crippen molar-refractivity contribution in [2.75, 3.05) is 5.32 Å². The number of hydrogen-bond donors (Lipinski definition) is 1. The van der Waals surface area contributed by atoms with E-state index in [0.717, 1.165) is 22.3 Å². The van der Waals surface area contributed by atoms with Crippen molar-refractivity contribution in [3.05, 3.63) is 52.9 Å². The zero-order chi connectivity index (χ0) is 15.0. The Bertz CT molecular complexity index is 794. The van der Waals surface area contributed by atoms with E-state index in [2.05, 4.69) is 22.3 Å². The first kappa shape index (κ1) is 13.9. The molecule has 3 aromatic rings. The molecule has 0 aliphatic rings. The second-order valence-electron chi connectivity index (χ2n) is 5.20. The second kappa shape index (κ2) is 5.37. The molecule has 0 aliphatic carbocycles. The summed E-state index contributed by atoms with van der Waals surface area (Å²) in [6.07, 6.45) is 3.80. The first-order chi connectivity index (χ1) is 10.1. The van der Waals surface area contributed by atoms with Crippen molar-refractivity contribution in [3.63, 3.8) is 0 Å². The fraction of sp³-hybridized carbons (Fsp3) is 0.250. The molecule has 1 atom stereocenters. The van der Waals surface area contributed by atoms with Crippen molar-refractivity contribution in [2.45, 2.75) is 19.9 Å². The fourth-order valence-electron chi connectivity index (χ4n) is 2.62. The van der Waals surface area contributed by atoms with Crippen LogP contribution in [-0.2, 0) is 7.05 Å². The fourth-order valence-corrected chi connectivity index (χ4v) is 2.83. The van der Waals surface area contributed by atoms with Gasteiger partial charge in [-0.05, 0) is 38.1 Å². The third kappa shape index (κ3) is 2.59. The molecule has 0 spiro atoms. The van der Waals surface area contributed by atoms with E-state index in [0.29, 0.717) is 5.02 Å². The molecular weight excluding hydrogens is 284 g/mol. The van der Waals surface area contributed by atoms with Crippen LogP contribution in [0.5, 0.6) is 0 Å². The molecule has 2 aromatic heterocycles. The quantitative estimate of drug-likeness (QED) is 0.792. The van der Waals surface area contributed by atoms with E-state index < -0.39 is 0 Å². The molecule has 0 radical (unpaired) electrons. The van der Waals surface area contributed by atoms with Gasteiger partial charge >= 0.3 is 0 Å². The van der Waals surface area contributed by atoms with Crippen LogP contribution < -0.4 is 5.32 Å². The summed E-state index contributed by atoms with van der Waals surface area (Å²) in [7, 11) is 1.94. The molecule has 1 N–H and O–H groups in total. The van der Waals surface area contributed by atoms with Crippen LogP contribution in [-0.4, -0.2) is 14.8 Å². The maximum absolute atomic E-state index is 6.21. The first-order valence-corrected chi connectivity index (χ1v) is 7.24. The predicted octanol–water partition coefficient (Wildman–Crippen LogP) is 4.10. The number of rotatable bonds is 3. The van der Waals surface area contributed by atoms with Crippen LogP contribution >= 0.6 is 11.6 Å². The summed E-state index contributed by atoms with van der Waals surface area (Å²) >= 11 is 6.21. The highest BCUT2D eigenvalue weighted by Crippen LogP contribution is 2.30. The zero-order valence-electron chi connectivity index (χ0n) is 12.3. The van der Waals surface area contributed by atoms with E-state index in [4.69, 9.17) is 11.6 Å². The minimum absolute atomic E-state index is 0.156. The van der Waals surface area contributed by atoms with Crippen molar-refractivity contribution >= 4 is 28.2 Å². The van der Waals surface area contributed by atoms with Gasteiger partial charge in [0.15, 0.2) is 0 Å². The Balaban J connectivity index is 1.99. The Morgan fingerprint density at radius 2 is 2.10 bits per heavy atom. The summed E-state index contributed by atoms with van der Waals surface area (Å²) in [4.78, 5) is 4.35. The van der Waals surface area contributed by atoms with Crippen LogP contribution in [0.15, 0.2) is 36.7 Å². The van der Waals surface area contributed by atoms with E-state index in [1.165, 1.54) is 5.56 Å². The number of pyridine rings is 1. The normalized spacial score (nSPS) is 12.6. The molecule has 1 unspecified atom stereocenters. The zero-order valence-corrected chi connectivity index (χ0v) is 13.0. The molecule has 1 aromatic carbocycles. The van der Waals surface area contributed by atoms with Gasteiger partial charge in [-0.1, -0.05) is 11.6 Å². The van der Waals surface area contributed by atoms with Crippen molar-refractivity contribution in [2.24, 2.45) is 7.05 Å². The first-order valence-electron chi connectivity index (χ1n) is 6.86. The number of halogens is 1. The Kier molecular flexibility index (Phi) is 3.55. The maximum Gasteiger partial charge on any atom is 0.0908 e. The highest BCUT2D eigenvalue weighted by atomic mass is 35.5. The van der Waals surface area contributed by atoms with Crippen LogP contribution in [0.1, 0.15) is 24.2 Å². The van der Waals surface area contributed by atoms with Gasteiger partial charge in [-0.15, -0.1) is 0 Å². The SMILES string of the molecule is Cc1nn(C)cc1C(C)Nc1ccc(Cl)c2ncccc12. The molecule has 108 valence electrons. The van der Waals surface area contributed by atoms with Crippen LogP contribution in [0.25, 0.3) is 10.9 Å². The van der Waals surface area contributed by atoms with Crippen LogP contribution in [0, 0.1) is 6.92 Å². The number of nitrogens with zero attached hydrogens (tertiary/aromatic N) is 3. The largest absolute Gasteiger partial charge is 0.378 e. The summed E-state index contributed by atoms with van der Waals surface area (Å²) in [6.45, 7) is 4.15. The molecule has 0 amide bonds. The molecule has 2 heterocycles. The molecule has 21 heavy (non-hydrogen) atoms. The van der Waals surface area contributed by atoms with Crippen LogP contribution in [0.4, 0.5) is 5.69 Å². The number of benzene rings is 1. The van der Waals surface area contributed by atoms with Gasteiger partial charge < -0.3 is 5.32 Å². The maximum atomic E-state index is 6.21. The molecule has 4 nitrogen and oxygen atoms in total. The minimum Gasteiger partial charge on any atom is -0.378 e. The Morgan fingerprint density at radius 3 is 2.81 bits per heavy atom. The van der Waals surface area contributed by atoms with Gasteiger partial charge in [-0.25, -0.2) is 0 Å². The second-order valence-corrected chi connectivity index (χ2v) is 5.61. The summed E-state index contributed by atoms with van der Waals surface area (Å²) < 4.78 is 1.84. The monoisotopic (exact) mass is 300 g/mol. The van der Waals surface area contributed by atoms with E-state index >= 15 is 0 Å². The lowest BCUT2D eigenvalue weighted by molar-refractivity contribution is 0.756. The number of nitrogens with one attached hydrogen (secondary N) is 1. The lowest BCUT2D eigenvalue weighted by atomic mass is 10.1. The van der Waals surface area contributed by atoms with E-state index in [-0.39, 0.29) is 6.04 Å². The van der Waals surface area contributed by atoms with Crippen LogP contribution in [0.3, 0.4) is 0 Å². The Hall–Kier alpha value is -2.07. The number of fused-ring (bicyclic) bond motifs is 1. The van der Waals surface area contributed by atoms with Gasteiger partial charge in [-0.2, -0.15) is 5.10 Å². The van der Waals surface area contributed by atoms with Crippen molar-refractivity contribution in [3.8, 4) is 0 Å². The van der Waals surface area contributed by atoms with Gasteiger partial charge in [0.1, 0.15) is 0 Å². The third-order valence-corrected chi connectivity index (χ3v) is 3.92. The van der Waals surface area contributed by atoms with E-state index in [9.17, 15) is 0 Å². The summed E-state index contributed by atoms with van der Waals surface area (Å²) in [5, 5.41) is 9.62. The standard InChI is InChI=1S/C16H17ClN4/c1-10(13-9-21(3)20-11(13)2)19-15-7-6-14(17)16-12(15)5-4-8-18-16/h4-10,19H,1-3H3. The third-order valence-electron chi connectivity index (χ3n) is 3.61. The lowest BCUT2D eigenvalue weighted by Crippen LogP contribution is -2.07. The number of hydrogen-bond acceptors (Lipinski definition) is 3. The number of aryl methyl sites for hydroxylation is 2. The predicted molar refractivity (Wildman–Crippen MR) is 86.7 cm³/mol. The molecular formula is C16H17ClN4. The molecule has 3 rings (SSSR count). The molecule has 0 aliphatic heterocycles. The number of anilines is 1. The van der Waals surface area contributed by atoms with Crippen molar-refractivity contribution < 1.29 is 0 Å². The lowest BCUT2D eigenvalue weighted by Gasteiger charge is -2.16. The van der Waals surface area contributed by atoms with Crippen LogP contribution in [0.2, 0.25) is 5.02 Å². The molecule has 0 bridgehead atoms. The molecule has 0 saturated heterocycles. The number of aromatic nitrogens is 3. The summed E-state index contributed by atoms with van der Waals surface area (Å²) in [6, 6.07) is 7.98. The van der Waals surface area contributed by atoms with Gasteiger partial charge in [0.25, 0.3) is 0 Å². The highest BCUT2D eigenvalue weighted by molar-refractivity contribution is 6.35. The van der Waals surface area contributed by atoms with Crippen molar-refractivity contribution in [1.29, 1.82) is 0 Å². The molecule has 5 heteroatoms. The van der Waals surface area contributed by atoms with E-state index in [1.54, 1.807) is 6.20 Å². The molecule has 0 saturated carbocycles. The topological polar surface area (TPSA) is 42.7 Å². The average molecular weight is 301 g/mol. The smallest absolute Gasteiger partial charge is 0.0908 e. The summed E-state index contributed by atoms with van der Waals surface area (Å²) in [5.74, 6) is 0. The highest BCUT2D eigenvalue weighted by Gasteiger charge is 2.13. The Morgan fingerprint density at radius 1 is 1.29 bits per heavy atom. The average Bonchev–Trinajstić information content (AvgIpc) is 2.81. The van der Waals surface area contributed by atoms with Gasteiger partial charge in [0, 0.05) is 36.1 Å². The van der Waals surface area contributed by atoms with Gasteiger partial charge in [0.2, 0.25) is 0 Å². The van der Waals surface area contributed by atoms with Gasteiger partial charge in [0.05, 0.1) is 22.3 Å².